The van der Waals surface area contributed by atoms with E-state index in [0.717, 1.165) is 4.90 Å². The third-order valence-electron chi connectivity index (χ3n) is 4.76. The van der Waals surface area contributed by atoms with E-state index < -0.39 is 22.7 Å². The second-order valence-electron chi connectivity index (χ2n) is 6.80. The maximum Gasteiger partial charge on any atom is 0.310 e. The fraction of sp³-hybridized carbons (Fsp3) is 0.0870. The number of carbonyl (C=O) groups is 3. The zero-order chi connectivity index (χ0) is 22.8. The molecule has 0 aromatic heterocycles. The van der Waals surface area contributed by atoms with Crippen molar-refractivity contribution in [2.75, 3.05) is 4.90 Å². The molecule has 32 heavy (non-hydrogen) atoms. The standard InChI is InChI=1S/C23H16N2O7/c1-2-21(26)32-20-6-4-3-5-19(20)24-22(27)17-12-11-16(13-18(17)23(24)28)31-15-9-7-14(8-10-15)25(29)30/h3-13H,2H2,1H3. The summed E-state index contributed by atoms with van der Waals surface area (Å²) in [6.45, 7) is 1.64. The van der Waals surface area contributed by atoms with Crippen LogP contribution in [0.2, 0.25) is 0 Å². The maximum atomic E-state index is 13.1. The molecule has 3 aromatic rings. The molecule has 3 aromatic carbocycles. The van der Waals surface area contributed by atoms with Crippen molar-refractivity contribution >= 4 is 29.2 Å². The van der Waals surface area contributed by atoms with E-state index in [1.807, 2.05) is 0 Å². The summed E-state index contributed by atoms with van der Waals surface area (Å²) < 4.78 is 11.0. The van der Waals surface area contributed by atoms with Crippen molar-refractivity contribution in [1.82, 2.24) is 0 Å². The average molecular weight is 432 g/mol. The van der Waals surface area contributed by atoms with Crippen molar-refractivity contribution in [2.24, 2.45) is 0 Å². The number of rotatable bonds is 6. The molecule has 2 amide bonds. The Labute approximate surface area is 181 Å². The van der Waals surface area contributed by atoms with E-state index in [1.54, 1.807) is 19.1 Å². The lowest BCUT2D eigenvalue weighted by Crippen LogP contribution is -2.30. The molecular formula is C23H16N2O7. The van der Waals surface area contributed by atoms with Crippen LogP contribution in [0.4, 0.5) is 11.4 Å². The maximum absolute atomic E-state index is 13.1. The first-order chi connectivity index (χ1) is 15.4. The monoisotopic (exact) mass is 432 g/mol. The molecule has 0 radical (unpaired) electrons. The number of nitro groups is 1. The Morgan fingerprint density at radius 2 is 1.59 bits per heavy atom. The van der Waals surface area contributed by atoms with Crippen LogP contribution < -0.4 is 14.4 Å². The van der Waals surface area contributed by atoms with Crippen molar-refractivity contribution in [1.29, 1.82) is 0 Å². The number of nitrogens with zero attached hydrogens (tertiary/aromatic N) is 2. The van der Waals surface area contributed by atoms with E-state index in [4.69, 9.17) is 9.47 Å². The molecule has 0 atom stereocenters. The van der Waals surface area contributed by atoms with E-state index in [-0.39, 0.29) is 40.4 Å². The van der Waals surface area contributed by atoms with Gasteiger partial charge in [-0.3, -0.25) is 24.5 Å². The number of non-ortho nitro benzene ring substituents is 1. The molecule has 4 rings (SSSR count). The van der Waals surface area contributed by atoms with E-state index in [2.05, 4.69) is 0 Å². The summed E-state index contributed by atoms with van der Waals surface area (Å²) in [5, 5.41) is 10.8. The normalized spacial score (nSPS) is 12.5. The number of hydrogen-bond donors (Lipinski definition) is 0. The zero-order valence-electron chi connectivity index (χ0n) is 16.8. The molecular weight excluding hydrogens is 416 g/mol. The first-order valence-electron chi connectivity index (χ1n) is 9.64. The summed E-state index contributed by atoms with van der Waals surface area (Å²) in [5.74, 6) is -0.901. The third kappa shape index (κ3) is 3.79. The summed E-state index contributed by atoms with van der Waals surface area (Å²) in [6, 6.07) is 16.2. The van der Waals surface area contributed by atoms with Crippen molar-refractivity contribution in [2.45, 2.75) is 13.3 Å². The molecule has 9 nitrogen and oxygen atoms in total. The van der Waals surface area contributed by atoms with Gasteiger partial charge in [-0.25, -0.2) is 4.90 Å². The first kappa shape index (κ1) is 20.7. The summed E-state index contributed by atoms with van der Waals surface area (Å²) in [6.07, 6.45) is 0.139. The molecule has 0 saturated carbocycles. The number of nitro benzene ring substituents is 1. The molecule has 9 heteroatoms. The quantitative estimate of drug-likeness (QED) is 0.185. The predicted octanol–water partition coefficient (Wildman–Crippen LogP) is 4.50. The molecule has 0 bridgehead atoms. The lowest BCUT2D eigenvalue weighted by Gasteiger charge is -2.17. The van der Waals surface area contributed by atoms with Gasteiger partial charge in [-0.2, -0.15) is 0 Å². The highest BCUT2D eigenvalue weighted by atomic mass is 16.6. The minimum atomic E-state index is -0.584. The van der Waals surface area contributed by atoms with Crippen LogP contribution in [0, 0.1) is 10.1 Å². The molecule has 0 spiro atoms. The molecule has 1 heterocycles. The van der Waals surface area contributed by atoms with Crippen molar-refractivity contribution in [3.05, 3.63) is 88.0 Å². The van der Waals surface area contributed by atoms with Gasteiger partial charge in [-0.1, -0.05) is 19.1 Å². The number of fused-ring (bicyclic) bond motifs is 1. The van der Waals surface area contributed by atoms with Gasteiger partial charge in [-0.05, 0) is 42.5 Å². The first-order valence-corrected chi connectivity index (χ1v) is 9.64. The lowest BCUT2D eigenvalue weighted by molar-refractivity contribution is -0.384. The number of imide groups is 1. The van der Waals surface area contributed by atoms with Crippen LogP contribution in [0.15, 0.2) is 66.7 Å². The largest absolute Gasteiger partial charge is 0.457 e. The Morgan fingerprint density at radius 1 is 0.938 bits per heavy atom. The minimum Gasteiger partial charge on any atom is -0.457 e. The van der Waals surface area contributed by atoms with Gasteiger partial charge in [0.05, 0.1) is 21.7 Å². The zero-order valence-corrected chi connectivity index (χ0v) is 16.8. The number of para-hydroxylation sites is 2. The van der Waals surface area contributed by atoms with Crippen molar-refractivity contribution in [3.8, 4) is 17.2 Å². The highest BCUT2D eigenvalue weighted by Crippen LogP contribution is 2.36. The number of hydrogen-bond acceptors (Lipinski definition) is 7. The van der Waals surface area contributed by atoms with Crippen LogP contribution in [0.3, 0.4) is 0 Å². The smallest absolute Gasteiger partial charge is 0.310 e. The van der Waals surface area contributed by atoms with Gasteiger partial charge in [0.1, 0.15) is 11.5 Å². The molecule has 0 aliphatic carbocycles. The Balaban J connectivity index is 1.62. The van der Waals surface area contributed by atoms with Gasteiger partial charge in [0.15, 0.2) is 5.75 Å². The molecule has 0 unspecified atom stereocenters. The molecule has 160 valence electrons. The Bertz CT molecular complexity index is 1250. The molecule has 0 fully saturated rings. The van der Waals surface area contributed by atoms with Crippen molar-refractivity contribution in [3.63, 3.8) is 0 Å². The SMILES string of the molecule is CCC(=O)Oc1ccccc1N1C(=O)c2ccc(Oc3ccc([N+](=O)[O-])cc3)cc2C1=O. The molecule has 0 saturated heterocycles. The number of carbonyl (C=O) groups excluding carboxylic acids is 3. The summed E-state index contributed by atoms with van der Waals surface area (Å²) in [4.78, 5) is 49.0. The number of esters is 1. The fourth-order valence-corrected chi connectivity index (χ4v) is 3.20. The number of ether oxygens (including phenoxy) is 2. The third-order valence-corrected chi connectivity index (χ3v) is 4.76. The number of anilines is 1. The van der Waals surface area contributed by atoms with Gasteiger partial charge in [0.25, 0.3) is 17.5 Å². The highest BCUT2D eigenvalue weighted by molar-refractivity contribution is 6.35. The fourth-order valence-electron chi connectivity index (χ4n) is 3.20. The lowest BCUT2D eigenvalue weighted by atomic mass is 10.1. The van der Waals surface area contributed by atoms with Gasteiger partial charge in [0, 0.05) is 18.6 Å². The average Bonchev–Trinajstić information content (AvgIpc) is 3.04. The highest BCUT2D eigenvalue weighted by Gasteiger charge is 2.38. The number of benzene rings is 3. The van der Waals surface area contributed by atoms with Gasteiger partial charge < -0.3 is 9.47 Å². The topological polar surface area (TPSA) is 116 Å². The predicted molar refractivity (Wildman–Crippen MR) is 113 cm³/mol. The van der Waals surface area contributed by atoms with Crippen molar-refractivity contribution < 1.29 is 28.8 Å². The molecule has 0 N–H and O–H groups in total. The minimum absolute atomic E-state index is 0.0786. The van der Waals surface area contributed by atoms with Gasteiger partial charge >= 0.3 is 5.97 Å². The second kappa shape index (κ2) is 8.31. The van der Waals surface area contributed by atoms with E-state index in [1.165, 1.54) is 54.6 Å². The summed E-state index contributed by atoms with van der Waals surface area (Å²) >= 11 is 0. The van der Waals surface area contributed by atoms with Crippen LogP contribution in [-0.2, 0) is 4.79 Å². The van der Waals surface area contributed by atoms with Crippen LogP contribution in [-0.4, -0.2) is 22.7 Å². The molecule has 1 aliphatic rings. The summed E-state index contributed by atoms with van der Waals surface area (Å²) in [7, 11) is 0. The van der Waals surface area contributed by atoms with Gasteiger partial charge in [0.2, 0.25) is 0 Å². The van der Waals surface area contributed by atoms with E-state index in [9.17, 15) is 24.5 Å². The Kier molecular flexibility index (Phi) is 5.38. The number of amides is 2. The second-order valence-corrected chi connectivity index (χ2v) is 6.80. The summed E-state index contributed by atoms with van der Waals surface area (Å²) in [5.41, 5.74) is 0.400. The molecule has 1 aliphatic heterocycles. The van der Waals surface area contributed by atoms with E-state index >= 15 is 0 Å². The van der Waals surface area contributed by atoms with Crippen LogP contribution >= 0.6 is 0 Å². The van der Waals surface area contributed by atoms with Crippen LogP contribution in [0.1, 0.15) is 34.1 Å². The van der Waals surface area contributed by atoms with Crippen LogP contribution in [0.5, 0.6) is 17.2 Å². The van der Waals surface area contributed by atoms with Crippen LogP contribution in [0.25, 0.3) is 0 Å². The Hall–Kier alpha value is -4.53. The van der Waals surface area contributed by atoms with E-state index in [0.29, 0.717) is 5.75 Å². The van der Waals surface area contributed by atoms with Gasteiger partial charge in [-0.15, -0.1) is 0 Å². The Morgan fingerprint density at radius 3 is 2.28 bits per heavy atom.